The quantitative estimate of drug-likeness (QED) is 0.837. The van der Waals surface area contributed by atoms with E-state index >= 15 is 0 Å². The Morgan fingerprint density at radius 1 is 1.39 bits per heavy atom. The summed E-state index contributed by atoms with van der Waals surface area (Å²) in [6.45, 7) is 3.29. The lowest BCUT2D eigenvalue weighted by Gasteiger charge is -2.29. The first-order valence-corrected chi connectivity index (χ1v) is 8.54. The summed E-state index contributed by atoms with van der Waals surface area (Å²) in [5.41, 5.74) is 3.21. The fourth-order valence-electron chi connectivity index (χ4n) is 3.14. The van der Waals surface area contributed by atoms with Crippen LogP contribution < -0.4 is 5.32 Å². The Balaban J connectivity index is 2.05. The van der Waals surface area contributed by atoms with Crippen LogP contribution in [0.15, 0.2) is 24.3 Å². The minimum Gasteiger partial charge on any atom is -0.313 e. The third kappa shape index (κ3) is 3.52. The molecule has 0 bridgehead atoms. The van der Waals surface area contributed by atoms with Gasteiger partial charge in [-0.2, -0.15) is 11.8 Å². The lowest BCUT2D eigenvalue weighted by atomic mass is 9.80. The van der Waals surface area contributed by atoms with Gasteiger partial charge in [-0.25, -0.2) is 0 Å². The van der Waals surface area contributed by atoms with Crippen LogP contribution in [-0.4, -0.2) is 24.6 Å². The molecule has 2 atom stereocenters. The summed E-state index contributed by atoms with van der Waals surface area (Å²) in [5, 5.41) is 3.64. The molecule has 1 aromatic carbocycles. The van der Waals surface area contributed by atoms with Crippen LogP contribution in [0, 0.1) is 0 Å². The van der Waals surface area contributed by atoms with Crippen LogP contribution in [-0.2, 0) is 6.42 Å². The summed E-state index contributed by atoms with van der Waals surface area (Å²) < 4.78 is 0. The van der Waals surface area contributed by atoms with Gasteiger partial charge in [-0.1, -0.05) is 31.2 Å². The Hall–Kier alpha value is -0.470. The highest BCUT2D eigenvalue weighted by Gasteiger charge is 2.22. The van der Waals surface area contributed by atoms with E-state index < -0.39 is 0 Å². The molecule has 1 N–H and O–H groups in total. The minimum atomic E-state index is 0.668. The largest absolute Gasteiger partial charge is 0.313 e. The first kappa shape index (κ1) is 14.0. The van der Waals surface area contributed by atoms with Crippen molar-refractivity contribution in [1.82, 2.24) is 5.32 Å². The number of hydrogen-bond acceptors (Lipinski definition) is 2. The van der Waals surface area contributed by atoms with Crippen LogP contribution in [0.4, 0.5) is 0 Å². The van der Waals surface area contributed by atoms with Gasteiger partial charge in [-0.15, -0.1) is 0 Å². The van der Waals surface area contributed by atoms with Crippen LogP contribution in [0.25, 0.3) is 0 Å². The molecule has 0 amide bonds. The molecule has 2 rings (SSSR count). The van der Waals surface area contributed by atoms with E-state index in [-0.39, 0.29) is 0 Å². The summed E-state index contributed by atoms with van der Waals surface area (Å²) in [6.07, 6.45) is 7.51. The topological polar surface area (TPSA) is 12.0 Å². The van der Waals surface area contributed by atoms with E-state index in [1.165, 1.54) is 31.4 Å². The molecule has 0 saturated heterocycles. The predicted molar refractivity (Wildman–Crippen MR) is 82.6 cm³/mol. The van der Waals surface area contributed by atoms with E-state index in [1.54, 1.807) is 11.1 Å². The first-order valence-electron chi connectivity index (χ1n) is 7.15. The van der Waals surface area contributed by atoms with Gasteiger partial charge in [-0.3, -0.25) is 0 Å². The monoisotopic (exact) mass is 263 g/mol. The van der Waals surface area contributed by atoms with Crippen molar-refractivity contribution in [3.63, 3.8) is 0 Å². The van der Waals surface area contributed by atoms with Crippen molar-refractivity contribution >= 4 is 11.8 Å². The zero-order valence-electron chi connectivity index (χ0n) is 11.6. The maximum atomic E-state index is 3.64. The molecule has 0 aromatic heterocycles. The van der Waals surface area contributed by atoms with Gasteiger partial charge in [-0.05, 0) is 55.5 Å². The molecular weight excluding hydrogens is 238 g/mol. The van der Waals surface area contributed by atoms with Crippen molar-refractivity contribution < 1.29 is 0 Å². The fraction of sp³-hybridized carbons (Fsp3) is 0.625. The number of thioether (sulfide) groups is 1. The second-order valence-electron chi connectivity index (χ2n) is 5.23. The summed E-state index contributed by atoms with van der Waals surface area (Å²) in [7, 11) is 0. The zero-order chi connectivity index (χ0) is 12.8. The lowest BCUT2D eigenvalue weighted by Crippen LogP contribution is -2.33. The van der Waals surface area contributed by atoms with Gasteiger partial charge in [0.15, 0.2) is 0 Å². The first-order chi connectivity index (χ1) is 8.85. The van der Waals surface area contributed by atoms with Gasteiger partial charge in [0.25, 0.3) is 0 Å². The number of benzene rings is 1. The fourth-order valence-corrected chi connectivity index (χ4v) is 3.80. The van der Waals surface area contributed by atoms with Crippen molar-refractivity contribution in [3.05, 3.63) is 35.4 Å². The maximum absolute atomic E-state index is 3.64. The van der Waals surface area contributed by atoms with Crippen LogP contribution in [0.2, 0.25) is 0 Å². The highest BCUT2D eigenvalue weighted by atomic mass is 32.2. The van der Waals surface area contributed by atoms with E-state index in [1.807, 2.05) is 11.8 Å². The molecule has 1 aromatic rings. The van der Waals surface area contributed by atoms with E-state index in [2.05, 4.69) is 42.8 Å². The second kappa shape index (κ2) is 7.20. The number of aryl methyl sites for hydroxylation is 1. The molecular formula is C16H25NS. The SMILES string of the molecule is CCNC(CSC)CC1CCCc2ccccc21. The van der Waals surface area contributed by atoms with Crippen molar-refractivity contribution in [1.29, 1.82) is 0 Å². The van der Waals surface area contributed by atoms with Gasteiger partial charge in [0.05, 0.1) is 0 Å². The third-order valence-corrected chi connectivity index (χ3v) is 4.66. The standard InChI is InChI=1S/C16H25NS/c1-3-17-15(12-18-2)11-14-9-6-8-13-7-4-5-10-16(13)14/h4-5,7,10,14-15,17H,3,6,8-9,11-12H2,1-2H3. The van der Waals surface area contributed by atoms with Crippen LogP contribution in [0.5, 0.6) is 0 Å². The average molecular weight is 263 g/mol. The molecule has 2 unspecified atom stereocenters. The summed E-state index contributed by atoms with van der Waals surface area (Å²) in [6, 6.07) is 9.72. The zero-order valence-corrected chi connectivity index (χ0v) is 12.4. The normalized spacial score (nSPS) is 20.4. The summed E-state index contributed by atoms with van der Waals surface area (Å²) >= 11 is 1.96. The van der Waals surface area contributed by atoms with Crippen molar-refractivity contribution in [2.24, 2.45) is 0 Å². The maximum Gasteiger partial charge on any atom is 0.0163 e. The molecule has 0 fully saturated rings. The highest BCUT2D eigenvalue weighted by Crippen LogP contribution is 2.34. The van der Waals surface area contributed by atoms with Gasteiger partial charge < -0.3 is 5.32 Å². The van der Waals surface area contributed by atoms with Crippen molar-refractivity contribution in [2.45, 2.75) is 44.6 Å². The molecule has 1 nitrogen and oxygen atoms in total. The van der Waals surface area contributed by atoms with Gasteiger partial charge in [0.1, 0.15) is 0 Å². The minimum absolute atomic E-state index is 0.668. The Labute approximate surface area is 116 Å². The van der Waals surface area contributed by atoms with Crippen LogP contribution >= 0.6 is 11.8 Å². The molecule has 0 spiro atoms. The molecule has 2 heteroatoms. The summed E-state index contributed by atoms with van der Waals surface area (Å²) in [5.74, 6) is 2.00. The highest BCUT2D eigenvalue weighted by molar-refractivity contribution is 7.98. The number of rotatable bonds is 6. The van der Waals surface area contributed by atoms with Crippen LogP contribution in [0.3, 0.4) is 0 Å². The average Bonchev–Trinajstić information content (AvgIpc) is 2.40. The molecule has 0 saturated carbocycles. The molecule has 1 aliphatic carbocycles. The van der Waals surface area contributed by atoms with Gasteiger partial charge in [0.2, 0.25) is 0 Å². The number of hydrogen-bond donors (Lipinski definition) is 1. The third-order valence-electron chi connectivity index (χ3n) is 3.92. The number of nitrogens with one attached hydrogen (secondary N) is 1. The Morgan fingerprint density at radius 2 is 2.22 bits per heavy atom. The molecule has 1 aliphatic rings. The molecule has 18 heavy (non-hydrogen) atoms. The predicted octanol–water partition coefficient (Wildman–Crippen LogP) is 3.84. The van der Waals surface area contributed by atoms with E-state index in [0.29, 0.717) is 6.04 Å². The summed E-state index contributed by atoms with van der Waals surface area (Å²) in [4.78, 5) is 0. The second-order valence-corrected chi connectivity index (χ2v) is 6.14. The van der Waals surface area contributed by atoms with Crippen molar-refractivity contribution in [2.75, 3.05) is 18.6 Å². The Kier molecular flexibility index (Phi) is 5.58. The van der Waals surface area contributed by atoms with E-state index in [4.69, 9.17) is 0 Å². The number of fused-ring (bicyclic) bond motifs is 1. The van der Waals surface area contributed by atoms with Gasteiger partial charge >= 0.3 is 0 Å². The van der Waals surface area contributed by atoms with Crippen LogP contribution in [0.1, 0.15) is 43.2 Å². The van der Waals surface area contributed by atoms with E-state index in [9.17, 15) is 0 Å². The van der Waals surface area contributed by atoms with Gasteiger partial charge in [0, 0.05) is 11.8 Å². The lowest BCUT2D eigenvalue weighted by molar-refractivity contribution is 0.440. The Morgan fingerprint density at radius 3 is 3.00 bits per heavy atom. The van der Waals surface area contributed by atoms with E-state index in [0.717, 1.165) is 12.5 Å². The molecule has 100 valence electrons. The Bertz CT molecular complexity index is 358. The molecule has 0 aliphatic heterocycles. The van der Waals surface area contributed by atoms with Crippen molar-refractivity contribution in [3.8, 4) is 0 Å². The molecule has 0 radical (unpaired) electrons. The smallest absolute Gasteiger partial charge is 0.0163 e. The molecule has 0 heterocycles.